The first-order valence-electron chi connectivity index (χ1n) is 6.16. The summed E-state index contributed by atoms with van der Waals surface area (Å²) in [6.07, 6.45) is 8.48. The van der Waals surface area contributed by atoms with E-state index >= 15 is 0 Å². The van der Waals surface area contributed by atoms with Crippen molar-refractivity contribution in [3.05, 3.63) is 27.4 Å². The molecule has 0 radical (unpaired) electrons. The van der Waals surface area contributed by atoms with Crippen molar-refractivity contribution in [2.45, 2.75) is 44.7 Å². The Morgan fingerprint density at radius 1 is 1.44 bits per heavy atom. The average molecular weight is 314 g/mol. The number of halogens is 1. The molecule has 1 aromatic rings. The third-order valence-corrected chi connectivity index (χ3v) is 3.69. The van der Waals surface area contributed by atoms with Crippen molar-refractivity contribution in [1.82, 2.24) is 14.9 Å². The predicted molar refractivity (Wildman–Crippen MR) is 71.2 cm³/mol. The van der Waals surface area contributed by atoms with E-state index in [-0.39, 0.29) is 24.1 Å². The van der Waals surface area contributed by atoms with E-state index in [0.29, 0.717) is 4.47 Å². The summed E-state index contributed by atoms with van der Waals surface area (Å²) in [4.78, 5) is 27.4. The maximum absolute atomic E-state index is 11.8. The lowest BCUT2D eigenvalue weighted by Crippen LogP contribution is -2.39. The highest BCUT2D eigenvalue weighted by molar-refractivity contribution is 9.10. The minimum atomic E-state index is -0.233. The zero-order valence-electron chi connectivity index (χ0n) is 10.1. The molecule has 1 heterocycles. The standard InChI is InChI=1S/C12H16BrN3O2/c13-10-6-14-8-16(12(10)18)7-11(17)15-9-4-2-1-3-5-9/h6,8-9H,1-5,7H2,(H,15,17). The summed E-state index contributed by atoms with van der Waals surface area (Å²) in [6.45, 7) is 0.0295. The molecule has 1 amide bonds. The molecule has 1 fully saturated rings. The molecular formula is C12H16BrN3O2. The first-order chi connectivity index (χ1) is 8.66. The summed E-state index contributed by atoms with van der Waals surface area (Å²) in [5.74, 6) is -0.121. The number of nitrogens with one attached hydrogen (secondary N) is 1. The summed E-state index contributed by atoms with van der Waals surface area (Å²) >= 11 is 3.11. The molecule has 0 atom stereocenters. The van der Waals surface area contributed by atoms with Crippen molar-refractivity contribution in [3.63, 3.8) is 0 Å². The van der Waals surface area contributed by atoms with Gasteiger partial charge in [-0.15, -0.1) is 0 Å². The Hall–Kier alpha value is -1.17. The van der Waals surface area contributed by atoms with E-state index in [4.69, 9.17) is 0 Å². The third kappa shape index (κ3) is 3.41. The fraction of sp³-hybridized carbons (Fsp3) is 0.583. The Labute approximate surface area is 114 Å². The van der Waals surface area contributed by atoms with Crippen LogP contribution in [0.4, 0.5) is 0 Å². The van der Waals surface area contributed by atoms with Crippen LogP contribution >= 0.6 is 15.9 Å². The van der Waals surface area contributed by atoms with Gasteiger partial charge in [-0.3, -0.25) is 14.2 Å². The van der Waals surface area contributed by atoms with Crippen LogP contribution in [0.1, 0.15) is 32.1 Å². The van der Waals surface area contributed by atoms with Crippen LogP contribution in [0.3, 0.4) is 0 Å². The van der Waals surface area contributed by atoms with E-state index in [1.54, 1.807) is 0 Å². The van der Waals surface area contributed by atoms with Crippen LogP contribution in [-0.2, 0) is 11.3 Å². The highest BCUT2D eigenvalue weighted by Gasteiger charge is 2.16. The molecule has 1 aliphatic rings. The molecule has 98 valence electrons. The SMILES string of the molecule is O=C(Cn1cncc(Br)c1=O)NC1CCCCC1. The fourth-order valence-electron chi connectivity index (χ4n) is 2.21. The highest BCUT2D eigenvalue weighted by Crippen LogP contribution is 2.17. The van der Waals surface area contributed by atoms with Gasteiger partial charge in [-0.25, -0.2) is 4.98 Å². The number of aromatic nitrogens is 2. The second-order valence-corrected chi connectivity index (χ2v) is 5.43. The van der Waals surface area contributed by atoms with Crippen LogP contribution in [0.2, 0.25) is 0 Å². The Morgan fingerprint density at radius 2 is 2.17 bits per heavy atom. The molecule has 0 saturated heterocycles. The van der Waals surface area contributed by atoms with Crippen molar-refractivity contribution in [2.24, 2.45) is 0 Å². The van der Waals surface area contributed by atoms with E-state index in [0.717, 1.165) is 12.8 Å². The van der Waals surface area contributed by atoms with Crippen LogP contribution in [0.5, 0.6) is 0 Å². The average Bonchev–Trinajstić information content (AvgIpc) is 2.36. The molecule has 0 aliphatic heterocycles. The molecule has 1 saturated carbocycles. The zero-order valence-corrected chi connectivity index (χ0v) is 11.6. The van der Waals surface area contributed by atoms with E-state index in [2.05, 4.69) is 26.2 Å². The molecule has 1 aromatic heterocycles. The third-order valence-electron chi connectivity index (χ3n) is 3.14. The van der Waals surface area contributed by atoms with E-state index in [1.165, 1.54) is 36.4 Å². The zero-order chi connectivity index (χ0) is 13.0. The van der Waals surface area contributed by atoms with Gasteiger partial charge in [0.1, 0.15) is 11.0 Å². The largest absolute Gasteiger partial charge is 0.352 e. The van der Waals surface area contributed by atoms with Gasteiger partial charge in [-0.1, -0.05) is 19.3 Å². The molecule has 1 N–H and O–H groups in total. The van der Waals surface area contributed by atoms with Gasteiger partial charge in [0, 0.05) is 12.2 Å². The molecular weight excluding hydrogens is 298 g/mol. The van der Waals surface area contributed by atoms with E-state index < -0.39 is 0 Å². The lowest BCUT2D eigenvalue weighted by atomic mass is 9.95. The summed E-state index contributed by atoms with van der Waals surface area (Å²) < 4.78 is 1.68. The summed E-state index contributed by atoms with van der Waals surface area (Å²) in [7, 11) is 0. The van der Waals surface area contributed by atoms with Gasteiger partial charge in [0.2, 0.25) is 5.91 Å². The number of nitrogens with zero attached hydrogens (tertiary/aromatic N) is 2. The monoisotopic (exact) mass is 313 g/mol. The van der Waals surface area contributed by atoms with Crippen LogP contribution in [0.25, 0.3) is 0 Å². The quantitative estimate of drug-likeness (QED) is 0.918. The van der Waals surface area contributed by atoms with Gasteiger partial charge < -0.3 is 5.32 Å². The topological polar surface area (TPSA) is 64.0 Å². The molecule has 0 aromatic carbocycles. The van der Waals surface area contributed by atoms with Gasteiger partial charge in [0.25, 0.3) is 5.56 Å². The molecule has 2 rings (SSSR count). The maximum atomic E-state index is 11.8. The predicted octanol–water partition coefficient (Wildman–Crippen LogP) is 1.45. The Bertz CT molecular complexity index is 480. The Morgan fingerprint density at radius 3 is 2.89 bits per heavy atom. The minimum Gasteiger partial charge on any atom is -0.352 e. The van der Waals surface area contributed by atoms with Crippen LogP contribution in [0.15, 0.2) is 21.8 Å². The second-order valence-electron chi connectivity index (χ2n) is 4.58. The molecule has 18 heavy (non-hydrogen) atoms. The molecule has 5 nitrogen and oxygen atoms in total. The van der Waals surface area contributed by atoms with Gasteiger partial charge in [0.15, 0.2) is 0 Å². The number of hydrogen-bond donors (Lipinski definition) is 1. The van der Waals surface area contributed by atoms with Crippen LogP contribution in [-0.4, -0.2) is 21.5 Å². The van der Waals surface area contributed by atoms with Gasteiger partial charge in [-0.2, -0.15) is 0 Å². The molecule has 0 unspecified atom stereocenters. The molecule has 1 aliphatic carbocycles. The fourth-order valence-corrected chi connectivity index (χ4v) is 2.56. The summed E-state index contributed by atoms with van der Waals surface area (Å²) in [6, 6.07) is 0.266. The van der Waals surface area contributed by atoms with Gasteiger partial charge >= 0.3 is 0 Å². The Kier molecular flexibility index (Phi) is 4.52. The van der Waals surface area contributed by atoms with Crippen molar-refractivity contribution in [3.8, 4) is 0 Å². The first kappa shape index (κ1) is 13.3. The lowest BCUT2D eigenvalue weighted by Gasteiger charge is -2.22. The summed E-state index contributed by atoms with van der Waals surface area (Å²) in [5.41, 5.74) is -0.233. The Balaban J connectivity index is 1.94. The van der Waals surface area contributed by atoms with Crippen molar-refractivity contribution in [1.29, 1.82) is 0 Å². The van der Waals surface area contributed by atoms with Crippen LogP contribution in [0, 0.1) is 0 Å². The lowest BCUT2D eigenvalue weighted by molar-refractivity contribution is -0.122. The summed E-state index contributed by atoms with van der Waals surface area (Å²) in [5, 5.41) is 2.97. The molecule has 6 heteroatoms. The number of carbonyl (C=O) groups is 1. The normalized spacial score (nSPS) is 16.5. The minimum absolute atomic E-state index is 0.0295. The maximum Gasteiger partial charge on any atom is 0.268 e. The van der Waals surface area contributed by atoms with Gasteiger partial charge in [0.05, 0.1) is 6.33 Å². The first-order valence-corrected chi connectivity index (χ1v) is 6.95. The molecule has 0 spiro atoms. The van der Waals surface area contributed by atoms with E-state index in [1.807, 2.05) is 0 Å². The number of amides is 1. The second kappa shape index (κ2) is 6.13. The van der Waals surface area contributed by atoms with Crippen molar-refractivity contribution >= 4 is 21.8 Å². The smallest absolute Gasteiger partial charge is 0.268 e. The van der Waals surface area contributed by atoms with Crippen molar-refractivity contribution in [2.75, 3.05) is 0 Å². The number of hydrogen-bond acceptors (Lipinski definition) is 3. The van der Waals surface area contributed by atoms with Crippen LogP contribution < -0.4 is 10.9 Å². The number of rotatable bonds is 3. The molecule has 0 bridgehead atoms. The van der Waals surface area contributed by atoms with Gasteiger partial charge in [-0.05, 0) is 28.8 Å². The highest BCUT2D eigenvalue weighted by atomic mass is 79.9. The van der Waals surface area contributed by atoms with E-state index in [9.17, 15) is 9.59 Å². The number of carbonyl (C=O) groups excluding carboxylic acids is 1. The van der Waals surface area contributed by atoms with Crippen molar-refractivity contribution < 1.29 is 4.79 Å².